The van der Waals surface area contributed by atoms with E-state index in [4.69, 9.17) is 4.98 Å². The second kappa shape index (κ2) is 6.42. The van der Waals surface area contributed by atoms with Gasteiger partial charge in [-0.3, -0.25) is 4.98 Å². The molecular formula is C21H15N3. The van der Waals surface area contributed by atoms with Gasteiger partial charge in [0.1, 0.15) is 0 Å². The van der Waals surface area contributed by atoms with Gasteiger partial charge in [0.15, 0.2) is 5.82 Å². The fourth-order valence-corrected chi connectivity index (χ4v) is 2.64. The highest BCUT2D eigenvalue weighted by molar-refractivity contribution is 5.71. The van der Waals surface area contributed by atoms with Gasteiger partial charge in [0, 0.05) is 35.3 Å². The van der Waals surface area contributed by atoms with E-state index in [1.807, 2.05) is 54.7 Å². The van der Waals surface area contributed by atoms with Gasteiger partial charge in [0.25, 0.3) is 0 Å². The predicted octanol–water partition coefficient (Wildman–Crippen LogP) is 4.87. The molecule has 0 aliphatic carbocycles. The molecule has 4 aromatic rings. The molecule has 0 aliphatic rings. The van der Waals surface area contributed by atoms with Crippen LogP contribution < -0.4 is 0 Å². The first-order valence-electron chi connectivity index (χ1n) is 7.79. The molecule has 4 rings (SSSR count). The van der Waals surface area contributed by atoms with E-state index in [9.17, 15) is 0 Å². The largest absolute Gasteiger partial charge is 0.264 e. The van der Waals surface area contributed by atoms with Gasteiger partial charge in [-0.15, -0.1) is 0 Å². The topological polar surface area (TPSA) is 38.7 Å². The average Bonchev–Trinajstić information content (AvgIpc) is 2.70. The standard InChI is InChI=1S/C21H15N3/c1-2-6-16(7-3-1)21-23-13-11-20(24-21)18-9-4-8-17(14-18)19-10-5-12-22-15-19/h1-15H. The molecule has 0 bridgehead atoms. The van der Waals surface area contributed by atoms with Crippen LogP contribution in [-0.4, -0.2) is 15.0 Å². The van der Waals surface area contributed by atoms with Gasteiger partial charge in [-0.05, 0) is 23.8 Å². The van der Waals surface area contributed by atoms with Gasteiger partial charge in [-0.1, -0.05) is 54.6 Å². The van der Waals surface area contributed by atoms with Crippen molar-refractivity contribution in [3.63, 3.8) is 0 Å². The summed E-state index contributed by atoms with van der Waals surface area (Å²) in [6, 6.07) is 24.3. The van der Waals surface area contributed by atoms with Gasteiger partial charge in [0.2, 0.25) is 0 Å². The Hall–Kier alpha value is -3.33. The minimum atomic E-state index is 0.736. The maximum Gasteiger partial charge on any atom is 0.159 e. The van der Waals surface area contributed by atoms with Crippen LogP contribution >= 0.6 is 0 Å². The molecule has 0 spiro atoms. The minimum Gasteiger partial charge on any atom is -0.264 e. The number of benzene rings is 2. The van der Waals surface area contributed by atoms with Crippen LogP contribution in [0.4, 0.5) is 0 Å². The Bertz CT molecular complexity index is 870. The van der Waals surface area contributed by atoms with E-state index in [1.54, 1.807) is 12.4 Å². The van der Waals surface area contributed by atoms with Gasteiger partial charge in [-0.25, -0.2) is 9.97 Å². The summed E-state index contributed by atoms with van der Waals surface area (Å²) in [5.41, 5.74) is 5.21. The number of hydrogen-bond acceptors (Lipinski definition) is 3. The molecule has 0 aliphatic heterocycles. The van der Waals surface area contributed by atoms with E-state index in [-0.39, 0.29) is 0 Å². The highest BCUT2D eigenvalue weighted by Crippen LogP contribution is 2.25. The van der Waals surface area contributed by atoms with Crippen molar-refractivity contribution in [3.8, 4) is 33.8 Å². The third-order valence-electron chi connectivity index (χ3n) is 3.84. The Labute approximate surface area is 140 Å². The third-order valence-corrected chi connectivity index (χ3v) is 3.84. The zero-order valence-corrected chi connectivity index (χ0v) is 13.0. The van der Waals surface area contributed by atoms with Crippen LogP contribution in [-0.2, 0) is 0 Å². The summed E-state index contributed by atoms with van der Waals surface area (Å²) in [4.78, 5) is 13.3. The van der Waals surface area contributed by atoms with Crippen molar-refractivity contribution in [1.82, 2.24) is 15.0 Å². The lowest BCUT2D eigenvalue weighted by molar-refractivity contribution is 1.18. The summed E-state index contributed by atoms with van der Waals surface area (Å²) in [5, 5.41) is 0. The Morgan fingerprint density at radius 2 is 1.38 bits per heavy atom. The van der Waals surface area contributed by atoms with Crippen LogP contribution in [0.25, 0.3) is 33.8 Å². The van der Waals surface area contributed by atoms with Crippen molar-refractivity contribution in [2.45, 2.75) is 0 Å². The molecule has 0 saturated heterocycles. The highest BCUT2D eigenvalue weighted by Gasteiger charge is 2.06. The SMILES string of the molecule is c1ccc(-c2nccc(-c3cccc(-c4cccnc4)c3)n2)cc1. The van der Waals surface area contributed by atoms with Crippen LogP contribution in [0.15, 0.2) is 91.4 Å². The van der Waals surface area contributed by atoms with E-state index in [0.717, 1.165) is 33.8 Å². The lowest BCUT2D eigenvalue weighted by atomic mass is 10.0. The second-order valence-electron chi connectivity index (χ2n) is 5.45. The summed E-state index contributed by atoms with van der Waals surface area (Å²) in [7, 11) is 0. The summed E-state index contributed by atoms with van der Waals surface area (Å²) in [5.74, 6) is 0.736. The monoisotopic (exact) mass is 309 g/mol. The van der Waals surface area contributed by atoms with E-state index < -0.39 is 0 Å². The summed E-state index contributed by atoms with van der Waals surface area (Å²) >= 11 is 0. The van der Waals surface area contributed by atoms with Crippen molar-refractivity contribution in [2.24, 2.45) is 0 Å². The van der Waals surface area contributed by atoms with Gasteiger partial charge in [0.05, 0.1) is 5.69 Å². The first-order chi connectivity index (χ1) is 11.9. The van der Waals surface area contributed by atoms with Crippen molar-refractivity contribution < 1.29 is 0 Å². The molecule has 3 heteroatoms. The second-order valence-corrected chi connectivity index (χ2v) is 5.45. The minimum absolute atomic E-state index is 0.736. The van der Waals surface area contributed by atoms with Crippen molar-refractivity contribution in [3.05, 3.63) is 91.4 Å². The Morgan fingerprint density at radius 1 is 0.583 bits per heavy atom. The van der Waals surface area contributed by atoms with E-state index in [1.165, 1.54) is 0 Å². The Morgan fingerprint density at radius 3 is 2.21 bits per heavy atom. The first kappa shape index (κ1) is 14.3. The molecule has 0 atom stereocenters. The quantitative estimate of drug-likeness (QED) is 0.542. The number of rotatable bonds is 3. The van der Waals surface area contributed by atoms with Crippen LogP contribution in [0, 0.1) is 0 Å². The maximum absolute atomic E-state index is 4.72. The molecule has 114 valence electrons. The van der Waals surface area contributed by atoms with Crippen LogP contribution in [0.2, 0.25) is 0 Å². The number of aromatic nitrogens is 3. The summed E-state index contributed by atoms with van der Waals surface area (Å²) in [6.07, 6.45) is 5.46. The van der Waals surface area contributed by atoms with E-state index >= 15 is 0 Å². The molecule has 2 heterocycles. The van der Waals surface area contributed by atoms with Gasteiger partial charge in [-0.2, -0.15) is 0 Å². The molecule has 3 nitrogen and oxygen atoms in total. The zero-order valence-electron chi connectivity index (χ0n) is 13.0. The molecule has 0 radical (unpaired) electrons. The molecule has 0 fully saturated rings. The van der Waals surface area contributed by atoms with E-state index in [2.05, 4.69) is 34.2 Å². The number of hydrogen-bond donors (Lipinski definition) is 0. The fourth-order valence-electron chi connectivity index (χ4n) is 2.64. The molecule has 0 N–H and O–H groups in total. The molecule has 0 unspecified atom stereocenters. The first-order valence-corrected chi connectivity index (χ1v) is 7.79. The van der Waals surface area contributed by atoms with Gasteiger partial charge >= 0.3 is 0 Å². The molecular weight excluding hydrogens is 294 g/mol. The average molecular weight is 309 g/mol. The number of nitrogens with zero attached hydrogens (tertiary/aromatic N) is 3. The lowest BCUT2D eigenvalue weighted by Gasteiger charge is -2.07. The van der Waals surface area contributed by atoms with E-state index in [0.29, 0.717) is 0 Å². The maximum atomic E-state index is 4.72. The smallest absolute Gasteiger partial charge is 0.159 e. The van der Waals surface area contributed by atoms with Crippen LogP contribution in [0.1, 0.15) is 0 Å². The normalized spacial score (nSPS) is 10.5. The molecule has 24 heavy (non-hydrogen) atoms. The Balaban J connectivity index is 1.75. The molecule has 2 aromatic carbocycles. The third kappa shape index (κ3) is 2.92. The predicted molar refractivity (Wildman–Crippen MR) is 96.1 cm³/mol. The lowest BCUT2D eigenvalue weighted by Crippen LogP contribution is -1.91. The highest BCUT2D eigenvalue weighted by atomic mass is 14.9. The summed E-state index contributed by atoms with van der Waals surface area (Å²) < 4.78 is 0. The Kier molecular flexibility index (Phi) is 3.82. The van der Waals surface area contributed by atoms with Crippen LogP contribution in [0.3, 0.4) is 0 Å². The molecule has 0 saturated carbocycles. The fraction of sp³-hybridized carbons (Fsp3) is 0. The molecule has 2 aromatic heterocycles. The summed E-state index contributed by atoms with van der Waals surface area (Å²) in [6.45, 7) is 0. The van der Waals surface area contributed by atoms with Crippen molar-refractivity contribution in [1.29, 1.82) is 0 Å². The zero-order chi connectivity index (χ0) is 16.2. The number of pyridine rings is 1. The van der Waals surface area contributed by atoms with Crippen molar-refractivity contribution >= 4 is 0 Å². The molecule has 0 amide bonds. The van der Waals surface area contributed by atoms with Gasteiger partial charge < -0.3 is 0 Å². The van der Waals surface area contributed by atoms with Crippen molar-refractivity contribution in [2.75, 3.05) is 0 Å². The van der Waals surface area contributed by atoms with Crippen LogP contribution in [0.5, 0.6) is 0 Å².